The Balaban J connectivity index is 1.57. The van der Waals surface area contributed by atoms with Gasteiger partial charge in [-0.25, -0.2) is 9.97 Å². The second-order valence-electron chi connectivity index (χ2n) is 6.62. The van der Waals surface area contributed by atoms with Crippen molar-refractivity contribution >= 4 is 34.0 Å². The highest BCUT2D eigenvalue weighted by Gasteiger charge is 2.12. The van der Waals surface area contributed by atoms with Gasteiger partial charge < -0.3 is 10.6 Å². The molecule has 0 aliphatic carbocycles. The van der Waals surface area contributed by atoms with Gasteiger partial charge in [0.1, 0.15) is 17.8 Å². The second-order valence-corrected chi connectivity index (χ2v) is 6.62. The maximum absolute atomic E-state index is 12.7. The predicted octanol–water partition coefficient (Wildman–Crippen LogP) is 4.64. The maximum Gasteiger partial charge on any atom is 0.274 e. The second kappa shape index (κ2) is 7.44. The fraction of sp³-hybridized carbons (Fsp3) is 0.0909. The van der Waals surface area contributed by atoms with Crippen LogP contribution in [0, 0.1) is 13.8 Å². The SMILES string of the molecule is Cc1cc(C)cc(Nc2cc(C(=O)Nc3cccc4cccnc34)ncn2)c1. The number of nitrogens with zero attached hydrogens (tertiary/aromatic N) is 3. The molecule has 4 aromatic rings. The summed E-state index contributed by atoms with van der Waals surface area (Å²) in [7, 11) is 0. The van der Waals surface area contributed by atoms with Crippen molar-refractivity contribution in [3.63, 3.8) is 0 Å². The zero-order valence-corrected chi connectivity index (χ0v) is 15.6. The van der Waals surface area contributed by atoms with E-state index in [4.69, 9.17) is 0 Å². The number of pyridine rings is 1. The third-order valence-electron chi connectivity index (χ3n) is 4.27. The molecule has 0 spiro atoms. The van der Waals surface area contributed by atoms with Crippen molar-refractivity contribution in [3.05, 3.63) is 83.9 Å². The Labute approximate surface area is 162 Å². The molecule has 0 radical (unpaired) electrons. The summed E-state index contributed by atoms with van der Waals surface area (Å²) < 4.78 is 0. The lowest BCUT2D eigenvalue weighted by molar-refractivity contribution is 0.102. The van der Waals surface area contributed by atoms with E-state index in [0.29, 0.717) is 11.5 Å². The molecule has 0 atom stereocenters. The number of carbonyl (C=O) groups excluding carboxylic acids is 1. The standard InChI is InChI=1S/C22H19N5O/c1-14-9-15(2)11-17(10-14)26-20-12-19(24-13-25-20)22(28)27-18-7-3-5-16-6-4-8-23-21(16)18/h3-13H,1-2H3,(H,27,28)(H,24,25,26). The Morgan fingerprint density at radius 1 is 0.893 bits per heavy atom. The molecule has 138 valence electrons. The zero-order valence-electron chi connectivity index (χ0n) is 15.6. The number of aryl methyl sites for hydroxylation is 2. The van der Waals surface area contributed by atoms with Crippen LogP contribution in [0.5, 0.6) is 0 Å². The van der Waals surface area contributed by atoms with Gasteiger partial charge in [0.2, 0.25) is 0 Å². The van der Waals surface area contributed by atoms with Crippen LogP contribution in [0.15, 0.2) is 67.1 Å². The molecule has 0 unspecified atom stereocenters. The Morgan fingerprint density at radius 3 is 2.50 bits per heavy atom. The van der Waals surface area contributed by atoms with Crippen LogP contribution in [-0.2, 0) is 0 Å². The minimum atomic E-state index is -0.316. The number of aromatic nitrogens is 3. The van der Waals surface area contributed by atoms with Gasteiger partial charge in [0.15, 0.2) is 0 Å². The van der Waals surface area contributed by atoms with Gasteiger partial charge in [-0.05, 0) is 49.2 Å². The van der Waals surface area contributed by atoms with Crippen molar-refractivity contribution in [2.45, 2.75) is 13.8 Å². The van der Waals surface area contributed by atoms with Crippen molar-refractivity contribution in [3.8, 4) is 0 Å². The minimum absolute atomic E-state index is 0.273. The number of para-hydroxylation sites is 1. The van der Waals surface area contributed by atoms with Gasteiger partial charge in [-0.3, -0.25) is 9.78 Å². The molecule has 6 nitrogen and oxygen atoms in total. The van der Waals surface area contributed by atoms with Crippen LogP contribution in [0.2, 0.25) is 0 Å². The predicted molar refractivity (Wildman–Crippen MR) is 111 cm³/mol. The molecule has 2 aromatic heterocycles. The fourth-order valence-corrected chi connectivity index (χ4v) is 3.14. The highest BCUT2D eigenvalue weighted by Crippen LogP contribution is 2.22. The van der Waals surface area contributed by atoms with Gasteiger partial charge in [-0.1, -0.05) is 24.3 Å². The first-order chi connectivity index (χ1) is 13.6. The number of hydrogen-bond acceptors (Lipinski definition) is 5. The largest absolute Gasteiger partial charge is 0.340 e. The summed E-state index contributed by atoms with van der Waals surface area (Å²) in [5, 5.41) is 7.08. The average molecular weight is 369 g/mol. The minimum Gasteiger partial charge on any atom is -0.340 e. The van der Waals surface area contributed by atoms with Crippen LogP contribution in [0.3, 0.4) is 0 Å². The fourth-order valence-electron chi connectivity index (χ4n) is 3.14. The Hall–Kier alpha value is -3.80. The number of benzene rings is 2. The van der Waals surface area contributed by atoms with E-state index in [9.17, 15) is 4.79 Å². The molecule has 2 N–H and O–H groups in total. The van der Waals surface area contributed by atoms with Gasteiger partial charge >= 0.3 is 0 Å². The van der Waals surface area contributed by atoms with Crippen molar-refractivity contribution in [2.24, 2.45) is 0 Å². The van der Waals surface area contributed by atoms with Gasteiger partial charge in [-0.2, -0.15) is 0 Å². The number of carbonyl (C=O) groups is 1. The summed E-state index contributed by atoms with van der Waals surface area (Å²) in [6.07, 6.45) is 3.08. The van der Waals surface area contributed by atoms with Crippen molar-refractivity contribution in [2.75, 3.05) is 10.6 Å². The molecule has 28 heavy (non-hydrogen) atoms. The van der Waals surface area contributed by atoms with Gasteiger partial charge in [-0.15, -0.1) is 0 Å². The molecule has 0 fully saturated rings. The molecule has 4 rings (SSSR count). The molecule has 2 heterocycles. The van der Waals surface area contributed by atoms with Crippen LogP contribution in [-0.4, -0.2) is 20.9 Å². The normalized spacial score (nSPS) is 10.6. The van der Waals surface area contributed by atoms with Crippen molar-refractivity contribution in [1.82, 2.24) is 15.0 Å². The van der Waals surface area contributed by atoms with Gasteiger partial charge in [0.25, 0.3) is 5.91 Å². The molecule has 2 aromatic carbocycles. The number of anilines is 3. The molecule has 1 amide bonds. The first-order valence-corrected chi connectivity index (χ1v) is 8.91. The number of nitrogens with one attached hydrogen (secondary N) is 2. The summed E-state index contributed by atoms with van der Waals surface area (Å²) in [5.41, 5.74) is 4.87. The highest BCUT2D eigenvalue weighted by molar-refractivity contribution is 6.07. The first-order valence-electron chi connectivity index (χ1n) is 8.91. The van der Waals surface area contributed by atoms with Crippen LogP contribution in [0.1, 0.15) is 21.6 Å². The molecular weight excluding hydrogens is 350 g/mol. The third-order valence-corrected chi connectivity index (χ3v) is 4.27. The number of hydrogen-bond donors (Lipinski definition) is 2. The van der Waals surface area contributed by atoms with E-state index in [1.165, 1.54) is 6.33 Å². The van der Waals surface area contributed by atoms with Crippen molar-refractivity contribution < 1.29 is 4.79 Å². The van der Waals surface area contributed by atoms with Crippen LogP contribution in [0.4, 0.5) is 17.2 Å². The van der Waals surface area contributed by atoms with E-state index in [1.54, 1.807) is 12.3 Å². The number of rotatable bonds is 4. The van der Waals surface area contributed by atoms with E-state index in [2.05, 4.69) is 31.7 Å². The Kier molecular flexibility index (Phi) is 4.68. The topological polar surface area (TPSA) is 79.8 Å². The quantitative estimate of drug-likeness (QED) is 0.548. The van der Waals surface area contributed by atoms with Crippen LogP contribution < -0.4 is 10.6 Å². The molecule has 0 aliphatic heterocycles. The highest BCUT2D eigenvalue weighted by atomic mass is 16.1. The van der Waals surface area contributed by atoms with E-state index in [1.807, 2.05) is 56.3 Å². The summed E-state index contributed by atoms with van der Waals surface area (Å²) in [4.78, 5) is 25.4. The van der Waals surface area contributed by atoms with Crippen LogP contribution >= 0.6 is 0 Å². The lowest BCUT2D eigenvalue weighted by Crippen LogP contribution is -2.14. The first kappa shape index (κ1) is 17.6. The summed E-state index contributed by atoms with van der Waals surface area (Å²) >= 11 is 0. The zero-order chi connectivity index (χ0) is 19.5. The van der Waals surface area contributed by atoms with E-state index < -0.39 is 0 Å². The molecular formula is C22H19N5O. The molecule has 6 heteroatoms. The molecule has 0 bridgehead atoms. The monoisotopic (exact) mass is 369 g/mol. The third kappa shape index (κ3) is 3.81. The summed E-state index contributed by atoms with van der Waals surface area (Å²) in [5.74, 6) is 0.241. The van der Waals surface area contributed by atoms with Crippen LogP contribution in [0.25, 0.3) is 10.9 Å². The van der Waals surface area contributed by atoms with E-state index in [0.717, 1.165) is 27.7 Å². The smallest absolute Gasteiger partial charge is 0.274 e. The van der Waals surface area contributed by atoms with E-state index >= 15 is 0 Å². The van der Waals surface area contributed by atoms with Gasteiger partial charge in [0, 0.05) is 23.3 Å². The maximum atomic E-state index is 12.7. The lowest BCUT2D eigenvalue weighted by atomic mass is 10.1. The molecule has 0 aliphatic rings. The van der Waals surface area contributed by atoms with E-state index in [-0.39, 0.29) is 11.6 Å². The summed E-state index contributed by atoms with van der Waals surface area (Å²) in [6.45, 7) is 4.07. The molecule has 0 saturated heterocycles. The molecule has 0 saturated carbocycles. The Bertz CT molecular complexity index is 1150. The number of fused-ring (bicyclic) bond motifs is 1. The average Bonchev–Trinajstić information content (AvgIpc) is 2.68. The van der Waals surface area contributed by atoms with Gasteiger partial charge in [0.05, 0.1) is 11.2 Å². The van der Waals surface area contributed by atoms with Crippen molar-refractivity contribution in [1.29, 1.82) is 0 Å². The summed E-state index contributed by atoms with van der Waals surface area (Å²) in [6, 6.07) is 17.3. The number of amides is 1. The lowest BCUT2D eigenvalue weighted by Gasteiger charge is -2.10. The Morgan fingerprint density at radius 2 is 1.68 bits per heavy atom.